The van der Waals surface area contributed by atoms with E-state index in [0.29, 0.717) is 17.2 Å². The van der Waals surface area contributed by atoms with E-state index in [9.17, 15) is 4.39 Å². The quantitative estimate of drug-likeness (QED) is 0.798. The van der Waals surface area contributed by atoms with Gasteiger partial charge in [0, 0.05) is 19.5 Å². The lowest BCUT2D eigenvalue weighted by molar-refractivity contribution is 0.617. The Morgan fingerprint density at radius 3 is 2.67 bits per heavy atom. The molecule has 1 aromatic carbocycles. The first-order valence-corrected chi connectivity index (χ1v) is 5.18. The van der Waals surface area contributed by atoms with Crippen LogP contribution in [0.3, 0.4) is 0 Å². The average molecular weight is 226 g/mol. The van der Waals surface area contributed by atoms with Crippen LogP contribution in [-0.4, -0.2) is 18.6 Å². The maximum Gasteiger partial charge on any atom is 0.146 e. The van der Waals surface area contributed by atoms with Crippen LogP contribution < -0.4 is 10.6 Å². The van der Waals surface area contributed by atoms with Gasteiger partial charge in [-0.1, -0.05) is 31.3 Å². The number of benzene rings is 1. The van der Waals surface area contributed by atoms with E-state index >= 15 is 0 Å². The summed E-state index contributed by atoms with van der Waals surface area (Å²) >= 11 is 4.88. The number of hydrogen-bond donors (Lipinski definition) is 1. The zero-order valence-corrected chi connectivity index (χ0v) is 9.72. The van der Waals surface area contributed by atoms with Crippen molar-refractivity contribution in [3.8, 4) is 0 Å². The number of nitrogens with zero attached hydrogens (tertiary/aromatic N) is 1. The number of para-hydroxylation sites is 1. The molecule has 0 saturated carbocycles. The Labute approximate surface area is 94.9 Å². The van der Waals surface area contributed by atoms with Gasteiger partial charge in [-0.3, -0.25) is 0 Å². The molecule has 15 heavy (non-hydrogen) atoms. The minimum atomic E-state index is -0.227. The Morgan fingerprint density at radius 1 is 1.53 bits per heavy atom. The van der Waals surface area contributed by atoms with Crippen LogP contribution in [0.25, 0.3) is 0 Å². The van der Waals surface area contributed by atoms with Gasteiger partial charge in [0.1, 0.15) is 5.82 Å². The van der Waals surface area contributed by atoms with E-state index in [-0.39, 0.29) is 11.7 Å². The monoisotopic (exact) mass is 226 g/mol. The molecule has 0 radical (unpaired) electrons. The van der Waals surface area contributed by atoms with Crippen LogP contribution in [0.1, 0.15) is 6.92 Å². The maximum absolute atomic E-state index is 13.4. The van der Waals surface area contributed by atoms with Crippen molar-refractivity contribution < 1.29 is 4.39 Å². The molecular weight excluding hydrogens is 211 g/mol. The zero-order valence-electron chi connectivity index (χ0n) is 8.90. The van der Waals surface area contributed by atoms with Gasteiger partial charge >= 0.3 is 0 Å². The minimum absolute atomic E-state index is 0.0737. The first-order valence-electron chi connectivity index (χ1n) is 4.77. The summed E-state index contributed by atoms with van der Waals surface area (Å²) in [4.78, 5) is 2.28. The molecule has 0 aliphatic carbocycles. The molecule has 0 bridgehead atoms. The van der Waals surface area contributed by atoms with Crippen molar-refractivity contribution in [2.45, 2.75) is 6.92 Å². The fourth-order valence-corrected chi connectivity index (χ4v) is 1.43. The SMILES string of the molecule is CC(CN(C)c1ccccc1F)C(N)=S. The molecule has 0 spiro atoms. The van der Waals surface area contributed by atoms with Crippen LogP contribution in [0.15, 0.2) is 24.3 Å². The standard InChI is InChI=1S/C11H15FN2S/c1-8(11(13)15)7-14(2)10-6-4-3-5-9(10)12/h3-6,8H,7H2,1-2H3,(H2,13,15). The fourth-order valence-electron chi connectivity index (χ4n) is 1.36. The summed E-state index contributed by atoms with van der Waals surface area (Å²) in [7, 11) is 1.83. The van der Waals surface area contributed by atoms with Gasteiger partial charge in [-0.05, 0) is 12.1 Å². The summed E-state index contributed by atoms with van der Waals surface area (Å²) in [5.74, 6) is -0.153. The third kappa shape index (κ3) is 3.16. The third-order valence-electron chi connectivity index (χ3n) is 2.30. The number of anilines is 1. The summed E-state index contributed by atoms with van der Waals surface area (Å²) in [6, 6.07) is 6.66. The summed E-state index contributed by atoms with van der Waals surface area (Å²) in [6.45, 7) is 2.55. The van der Waals surface area contributed by atoms with Crippen LogP contribution in [-0.2, 0) is 0 Å². The number of thiocarbonyl (C=S) groups is 1. The first kappa shape index (κ1) is 11.9. The van der Waals surface area contributed by atoms with E-state index in [2.05, 4.69) is 0 Å². The molecule has 0 heterocycles. The lowest BCUT2D eigenvalue weighted by atomic mass is 10.1. The molecule has 0 aliphatic rings. The smallest absolute Gasteiger partial charge is 0.146 e. The van der Waals surface area contributed by atoms with Gasteiger partial charge in [0.2, 0.25) is 0 Å². The molecule has 0 aliphatic heterocycles. The van der Waals surface area contributed by atoms with E-state index in [1.54, 1.807) is 18.2 Å². The van der Waals surface area contributed by atoms with Crippen molar-refractivity contribution in [1.82, 2.24) is 0 Å². The molecule has 2 nitrogen and oxygen atoms in total. The normalized spacial score (nSPS) is 12.2. The Kier molecular flexibility index (Phi) is 4.03. The molecule has 1 atom stereocenters. The van der Waals surface area contributed by atoms with Gasteiger partial charge in [-0.2, -0.15) is 0 Å². The summed E-state index contributed by atoms with van der Waals surface area (Å²) in [5.41, 5.74) is 6.08. The molecule has 0 fully saturated rings. The lowest BCUT2D eigenvalue weighted by Gasteiger charge is -2.23. The molecule has 82 valence electrons. The van der Waals surface area contributed by atoms with Crippen LogP contribution in [0.2, 0.25) is 0 Å². The van der Waals surface area contributed by atoms with Crippen molar-refractivity contribution >= 4 is 22.9 Å². The molecule has 4 heteroatoms. The molecule has 0 amide bonds. The van der Waals surface area contributed by atoms with Crippen molar-refractivity contribution in [2.24, 2.45) is 11.7 Å². The van der Waals surface area contributed by atoms with Gasteiger partial charge in [0.15, 0.2) is 0 Å². The van der Waals surface area contributed by atoms with Crippen molar-refractivity contribution in [2.75, 3.05) is 18.5 Å². The van der Waals surface area contributed by atoms with Gasteiger partial charge in [-0.15, -0.1) is 0 Å². The number of hydrogen-bond acceptors (Lipinski definition) is 2. The molecular formula is C11H15FN2S. The number of halogens is 1. The van der Waals surface area contributed by atoms with E-state index in [0.717, 1.165) is 0 Å². The first-order chi connectivity index (χ1) is 7.02. The lowest BCUT2D eigenvalue weighted by Crippen LogP contribution is -2.31. The summed E-state index contributed by atoms with van der Waals surface area (Å²) in [5, 5.41) is 0. The Bertz CT molecular complexity index is 354. The molecule has 2 N–H and O–H groups in total. The Balaban J connectivity index is 2.73. The van der Waals surface area contributed by atoms with Gasteiger partial charge in [-0.25, -0.2) is 4.39 Å². The van der Waals surface area contributed by atoms with Crippen molar-refractivity contribution in [1.29, 1.82) is 0 Å². The predicted molar refractivity (Wildman–Crippen MR) is 65.6 cm³/mol. The molecule has 0 saturated heterocycles. The largest absolute Gasteiger partial charge is 0.393 e. The summed E-state index contributed by atoms with van der Waals surface area (Å²) in [6.07, 6.45) is 0. The molecule has 1 rings (SSSR count). The highest BCUT2D eigenvalue weighted by atomic mass is 32.1. The van der Waals surface area contributed by atoms with Crippen LogP contribution in [0.4, 0.5) is 10.1 Å². The second-order valence-corrected chi connectivity index (χ2v) is 4.11. The highest BCUT2D eigenvalue weighted by Gasteiger charge is 2.11. The van der Waals surface area contributed by atoms with E-state index in [4.69, 9.17) is 18.0 Å². The van der Waals surface area contributed by atoms with Gasteiger partial charge in [0.25, 0.3) is 0 Å². The average Bonchev–Trinajstić information content (AvgIpc) is 2.18. The van der Waals surface area contributed by atoms with Crippen molar-refractivity contribution in [3.05, 3.63) is 30.1 Å². The molecule has 1 unspecified atom stereocenters. The fraction of sp³-hybridized carbons (Fsp3) is 0.364. The highest BCUT2D eigenvalue weighted by Crippen LogP contribution is 2.17. The van der Waals surface area contributed by atoms with E-state index in [1.807, 2.05) is 18.9 Å². The van der Waals surface area contributed by atoms with Gasteiger partial charge in [0.05, 0.1) is 10.7 Å². The maximum atomic E-state index is 13.4. The highest BCUT2D eigenvalue weighted by molar-refractivity contribution is 7.80. The van der Waals surface area contributed by atoms with E-state index < -0.39 is 0 Å². The number of rotatable bonds is 4. The minimum Gasteiger partial charge on any atom is -0.393 e. The topological polar surface area (TPSA) is 29.3 Å². The third-order valence-corrected chi connectivity index (χ3v) is 2.70. The summed E-state index contributed by atoms with van der Waals surface area (Å²) < 4.78 is 13.4. The van der Waals surface area contributed by atoms with E-state index in [1.165, 1.54) is 6.07 Å². The Morgan fingerprint density at radius 2 is 2.13 bits per heavy atom. The van der Waals surface area contributed by atoms with Gasteiger partial charge < -0.3 is 10.6 Å². The number of nitrogens with two attached hydrogens (primary N) is 1. The predicted octanol–water partition coefficient (Wildman–Crippen LogP) is 2.18. The zero-order chi connectivity index (χ0) is 11.4. The second-order valence-electron chi connectivity index (χ2n) is 3.64. The van der Waals surface area contributed by atoms with Crippen LogP contribution in [0, 0.1) is 11.7 Å². The Hall–Kier alpha value is -1.16. The molecule has 0 aromatic heterocycles. The second kappa shape index (κ2) is 5.07. The van der Waals surface area contributed by atoms with Crippen molar-refractivity contribution in [3.63, 3.8) is 0 Å². The van der Waals surface area contributed by atoms with Crippen LogP contribution in [0.5, 0.6) is 0 Å². The molecule has 1 aromatic rings. The van der Waals surface area contributed by atoms with Crippen LogP contribution >= 0.6 is 12.2 Å².